The fourth-order valence-corrected chi connectivity index (χ4v) is 4.61. The van der Waals surface area contributed by atoms with E-state index < -0.39 is 28.5 Å². The maximum Gasteiger partial charge on any atom is 0.307 e. The summed E-state index contributed by atoms with van der Waals surface area (Å²) >= 11 is 0. The van der Waals surface area contributed by atoms with Crippen molar-refractivity contribution in [3.05, 3.63) is 54.1 Å². The number of carbonyl (C=O) groups excluding carboxylic acids is 2. The molecule has 0 radical (unpaired) electrons. The van der Waals surface area contributed by atoms with Gasteiger partial charge in [-0.25, -0.2) is 13.1 Å². The minimum Gasteiger partial charge on any atom is -0.456 e. The van der Waals surface area contributed by atoms with E-state index in [1.54, 1.807) is 12.1 Å². The second-order valence-corrected chi connectivity index (χ2v) is 9.90. The molecule has 9 nitrogen and oxygen atoms in total. The number of likely N-dealkylation sites (N-methyl/N-ethyl adjacent to an activating group) is 1. The number of esters is 1. The second kappa shape index (κ2) is 12.0. The van der Waals surface area contributed by atoms with Crippen LogP contribution in [-0.2, 0) is 24.3 Å². The molecule has 184 valence electrons. The molecule has 0 bridgehead atoms. The average Bonchev–Trinajstić information content (AvgIpc) is 2.83. The molecule has 1 saturated heterocycles. The van der Waals surface area contributed by atoms with E-state index in [1.807, 2.05) is 31.2 Å². The number of hydrogen-bond donors (Lipinski definition) is 2. The molecule has 1 amide bonds. The van der Waals surface area contributed by atoms with E-state index in [0.717, 1.165) is 44.0 Å². The molecule has 0 aromatic heterocycles. The smallest absolute Gasteiger partial charge is 0.307 e. The summed E-state index contributed by atoms with van der Waals surface area (Å²) in [5, 5.41) is 2.70. The van der Waals surface area contributed by atoms with Crippen LogP contribution >= 0.6 is 0 Å². The molecule has 0 saturated carbocycles. The molecule has 1 fully saturated rings. The quantitative estimate of drug-likeness (QED) is 0.493. The standard InChI is InChI=1S/C24H32N4O5S/c1-3-27-14-16-28(17-15-27)21-8-6-20(7-9-21)26-23(29)18-33-24(30)12-13-25-34(31,32)22-10-4-19(2)5-11-22/h4-11,25H,3,12-18H2,1-2H3,(H,26,29). The number of hydrogen-bond acceptors (Lipinski definition) is 7. The Bertz CT molecular complexity index is 1060. The van der Waals surface area contributed by atoms with E-state index >= 15 is 0 Å². The van der Waals surface area contributed by atoms with Crippen LogP contribution in [0.3, 0.4) is 0 Å². The minimum atomic E-state index is -3.70. The number of sulfonamides is 1. The third-order valence-corrected chi connectivity index (χ3v) is 7.13. The first-order valence-electron chi connectivity index (χ1n) is 11.4. The van der Waals surface area contributed by atoms with E-state index in [1.165, 1.54) is 12.1 Å². The molecular weight excluding hydrogens is 456 g/mol. The van der Waals surface area contributed by atoms with Crippen LogP contribution in [-0.4, -0.2) is 71.1 Å². The van der Waals surface area contributed by atoms with E-state index in [9.17, 15) is 18.0 Å². The SMILES string of the molecule is CCN1CCN(c2ccc(NC(=O)COC(=O)CCNS(=O)(=O)c3ccc(C)cc3)cc2)CC1. The van der Waals surface area contributed by atoms with E-state index in [4.69, 9.17) is 4.74 Å². The van der Waals surface area contributed by atoms with Gasteiger partial charge in [-0.1, -0.05) is 24.6 Å². The van der Waals surface area contributed by atoms with Gasteiger partial charge >= 0.3 is 5.97 Å². The summed E-state index contributed by atoms with van der Waals surface area (Å²) in [6, 6.07) is 14.0. The lowest BCUT2D eigenvalue weighted by atomic mass is 10.2. The van der Waals surface area contributed by atoms with Crippen LogP contribution in [0.2, 0.25) is 0 Å². The molecule has 1 aliphatic heterocycles. The molecule has 1 aliphatic rings. The van der Waals surface area contributed by atoms with Crippen molar-refractivity contribution in [2.75, 3.05) is 56.1 Å². The Labute approximate surface area is 201 Å². The lowest BCUT2D eigenvalue weighted by Gasteiger charge is -2.35. The van der Waals surface area contributed by atoms with Crippen LogP contribution in [0.4, 0.5) is 11.4 Å². The topological polar surface area (TPSA) is 108 Å². The lowest BCUT2D eigenvalue weighted by Crippen LogP contribution is -2.46. The summed E-state index contributed by atoms with van der Waals surface area (Å²) < 4.78 is 31.7. The Hall–Kier alpha value is -2.95. The predicted molar refractivity (Wildman–Crippen MR) is 131 cm³/mol. The number of nitrogens with one attached hydrogen (secondary N) is 2. The van der Waals surface area contributed by atoms with Crippen molar-refractivity contribution in [1.82, 2.24) is 9.62 Å². The minimum absolute atomic E-state index is 0.120. The van der Waals surface area contributed by atoms with Gasteiger partial charge in [0, 0.05) is 44.1 Å². The van der Waals surface area contributed by atoms with Crippen molar-refractivity contribution in [3.8, 4) is 0 Å². The van der Waals surface area contributed by atoms with Gasteiger partial charge in [-0.3, -0.25) is 9.59 Å². The van der Waals surface area contributed by atoms with Gasteiger partial charge in [0.05, 0.1) is 11.3 Å². The molecule has 1 heterocycles. The first kappa shape index (κ1) is 25.7. The third-order valence-electron chi connectivity index (χ3n) is 5.65. The zero-order valence-electron chi connectivity index (χ0n) is 19.6. The number of ether oxygens (including phenoxy) is 1. The lowest BCUT2D eigenvalue weighted by molar-refractivity contribution is -0.147. The van der Waals surface area contributed by atoms with Crippen LogP contribution in [0.5, 0.6) is 0 Å². The highest BCUT2D eigenvalue weighted by Crippen LogP contribution is 2.19. The van der Waals surface area contributed by atoms with Crippen molar-refractivity contribution in [1.29, 1.82) is 0 Å². The zero-order chi connectivity index (χ0) is 24.6. The van der Waals surface area contributed by atoms with Crippen LogP contribution in [0, 0.1) is 6.92 Å². The predicted octanol–water partition coefficient (Wildman–Crippen LogP) is 1.99. The maximum absolute atomic E-state index is 12.2. The van der Waals surface area contributed by atoms with E-state index in [2.05, 4.69) is 26.8 Å². The first-order valence-corrected chi connectivity index (χ1v) is 12.8. The number of amides is 1. The van der Waals surface area contributed by atoms with Gasteiger partial charge in [0.15, 0.2) is 6.61 Å². The number of piperazine rings is 1. The molecule has 3 rings (SSSR count). The molecular formula is C24H32N4O5S. The maximum atomic E-state index is 12.2. The summed E-state index contributed by atoms with van der Waals surface area (Å²) in [4.78, 5) is 28.8. The second-order valence-electron chi connectivity index (χ2n) is 8.14. The van der Waals surface area contributed by atoms with Gasteiger partial charge in [-0.05, 0) is 49.9 Å². The number of anilines is 2. The van der Waals surface area contributed by atoms with Crippen molar-refractivity contribution < 1.29 is 22.7 Å². The van der Waals surface area contributed by atoms with Crippen LogP contribution in [0.15, 0.2) is 53.4 Å². The Morgan fingerprint density at radius 1 is 0.971 bits per heavy atom. The largest absolute Gasteiger partial charge is 0.456 e. The van der Waals surface area contributed by atoms with Crippen molar-refractivity contribution in [3.63, 3.8) is 0 Å². The van der Waals surface area contributed by atoms with E-state index in [-0.39, 0.29) is 17.9 Å². The Morgan fingerprint density at radius 2 is 1.62 bits per heavy atom. The average molecular weight is 489 g/mol. The highest BCUT2D eigenvalue weighted by atomic mass is 32.2. The van der Waals surface area contributed by atoms with Crippen LogP contribution in [0.1, 0.15) is 18.9 Å². The molecule has 0 atom stereocenters. The normalized spacial score (nSPS) is 14.6. The number of rotatable bonds is 10. The number of carbonyl (C=O) groups is 2. The highest BCUT2D eigenvalue weighted by molar-refractivity contribution is 7.89. The molecule has 0 unspecified atom stereocenters. The molecule has 2 aromatic carbocycles. The van der Waals surface area contributed by atoms with Gasteiger partial charge < -0.3 is 19.9 Å². The first-order chi connectivity index (χ1) is 16.3. The summed E-state index contributed by atoms with van der Waals surface area (Å²) in [6.07, 6.45) is -0.182. The number of benzene rings is 2. The molecule has 2 aromatic rings. The molecule has 34 heavy (non-hydrogen) atoms. The Balaban J connectivity index is 1.36. The van der Waals surface area contributed by atoms with Gasteiger partial charge in [0.1, 0.15) is 0 Å². The van der Waals surface area contributed by atoms with Crippen LogP contribution < -0.4 is 14.9 Å². The van der Waals surface area contributed by atoms with Crippen molar-refractivity contribution in [2.45, 2.75) is 25.2 Å². The van der Waals surface area contributed by atoms with Gasteiger partial charge in [-0.15, -0.1) is 0 Å². The molecule has 10 heteroatoms. The number of nitrogens with zero attached hydrogens (tertiary/aromatic N) is 2. The molecule has 2 N–H and O–H groups in total. The summed E-state index contributed by atoms with van der Waals surface area (Å²) in [6.45, 7) is 8.54. The fourth-order valence-electron chi connectivity index (χ4n) is 3.58. The fraction of sp³-hybridized carbons (Fsp3) is 0.417. The summed E-state index contributed by atoms with van der Waals surface area (Å²) in [7, 11) is -3.70. The Kier molecular flexibility index (Phi) is 9.03. The van der Waals surface area contributed by atoms with Gasteiger partial charge in [0.2, 0.25) is 10.0 Å². The van der Waals surface area contributed by atoms with Crippen molar-refractivity contribution >= 4 is 33.3 Å². The third kappa shape index (κ3) is 7.54. The van der Waals surface area contributed by atoms with Crippen molar-refractivity contribution in [2.24, 2.45) is 0 Å². The van der Waals surface area contributed by atoms with Gasteiger partial charge in [0.25, 0.3) is 5.91 Å². The highest BCUT2D eigenvalue weighted by Gasteiger charge is 2.17. The van der Waals surface area contributed by atoms with E-state index in [0.29, 0.717) is 5.69 Å². The monoisotopic (exact) mass is 488 g/mol. The summed E-state index contributed by atoms with van der Waals surface area (Å²) in [5.74, 6) is -1.12. The van der Waals surface area contributed by atoms with Crippen LogP contribution in [0.25, 0.3) is 0 Å². The summed E-state index contributed by atoms with van der Waals surface area (Å²) in [5.41, 5.74) is 2.67. The molecule has 0 spiro atoms. The Morgan fingerprint density at radius 3 is 2.24 bits per heavy atom. The van der Waals surface area contributed by atoms with Gasteiger partial charge in [-0.2, -0.15) is 0 Å². The zero-order valence-corrected chi connectivity index (χ0v) is 20.4. The number of aryl methyl sites for hydroxylation is 1. The molecule has 0 aliphatic carbocycles.